The van der Waals surface area contributed by atoms with E-state index in [4.69, 9.17) is 9.47 Å². The largest absolute Gasteiger partial charge is 0.392 e. The van der Waals surface area contributed by atoms with E-state index in [9.17, 15) is 18.3 Å². The van der Waals surface area contributed by atoms with Crippen molar-refractivity contribution in [1.82, 2.24) is 19.2 Å². The van der Waals surface area contributed by atoms with Crippen molar-refractivity contribution >= 4 is 21.1 Å². The van der Waals surface area contributed by atoms with Crippen LogP contribution in [0.1, 0.15) is 60.0 Å². The summed E-state index contributed by atoms with van der Waals surface area (Å²) in [6, 6.07) is 31.8. The van der Waals surface area contributed by atoms with Crippen LogP contribution in [0.15, 0.2) is 113 Å². The van der Waals surface area contributed by atoms with Gasteiger partial charge in [0, 0.05) is 44.2 Å². The van der Waals surface area contributed by atoms with E-state index in [1.165, 1.54) is 0 Å². The average molecular weight is 669 g/mol. The van der Waals surface area contributed by atoms with Crippen molar-refractivity contribution in [3.05, 3.63) is 136 Å². The van der Waals surface area contributed by atoms with Gasteiger partial charge in [0.2, 0.25) is 10.0 Å². The number of aliphatic hydroxyl groups is 1. The third-order valence-corrected chi connectivity index (χ3v) is 10.8. The molecule has 0 radical (unpaired) electrons. The number of likely N-dealkylation sites (tertiary alicyclic amines) is 1. The van der Waals surface area contributed by atoms with Gasteiger partial charge in [-0.15, -0.1) is 0 Å². The normalized spacial score (nSPS) is 21.1. The molecule has 0 saturated carbocycles. The molecule has 2 aliphatic heterocycles. The molecule has 250 valence electrons. The molecule has 2 aliphatic rings. The van der Waals surface area contributed by atoms with Crippen LogP contribution < -0.4 is 10.4 Å². The highest BCUT2D eigenvalue weighted by Crippen LogP contribution is 2.38. The minimum absolute atomic E-state index is 0.0192. The monoisotopic (exact) mass is 668 g/mol. The van der Waals surface area contributed by atoms with Gasteiger partial charge in [-0.25, -0.2) is 17.9 Å². The molecule has 48 heavy (non-hydrogen) atoms. The van der Waals surface area contributed by atoms with Crippen LogP contribution in [0, 0.1) is 0 Å². The van der Waals surface area contributed by atoms with Gasteiger partial charge in [-0.2, -0.15) is 0 Å². The van der Waals surface area contributed by atoms with E-state index >= 15 is 0 Å². The highest BCUT2D eigenvalue weighted by atomic mass is 32.2. The molecule has 4 aromatic carbocycles. The fourth-order valence-electron chi connectivity index (χ4n) is 6.77. The maximum Gasteiger partial charge on any atom is 0.326 e. The Morgan fingerprint density at radius 1 is 0.812 bits per heavy atom. The standard InChI is InChI=1S/C37H40N4O6S/c42-25-27-12-14-28(15-13-27)35-22-31(24-40-20-18-30(19-21-40)41-34-9-5-4-8-33(34)39-37(41)43)46-36(47-35)29-16-10-26(11-17-29)23-38-48(44,45)32-6-2-1-3-7-32/h1-17,30-31,35-36,38,42H,18-25H2,(H,39,43)/t31-,35+,36+/m1/s1. The lowest BCUT2D eigenvalue weighted by Gasteiger charge is -2.40. The molecule has 10 nitrogen and oxygen atoms in total. The Morgan fingerprint density at radius 2 is 1.48 bits per heavy atom. The lowest BCUT2D eigenvalue weighted by Crippen LogP contribution is -2.43. The molecule has 0 aliphatic carbocycles. The first-order valence-electron chi connectivity index (χ1n) is 16.4. The van der Waals surface area contributed by atoms with Gasteiger partial charge in [-0.3, -0.25) is 4.57 Å². The second-order valence-electron chi connectivity index (χ2n) is 12.6. The molecule has 5 aromatic rings. The van der Waals surface area contributed by atoms with Crippen LogP contribution in [0.5, 0.6) is 0 Å². The lowest BCUT2D eigenvalue weighted by molar-refractivity contribution is -0.253. The fraction of sp³-hybridized carbons (Fsp3) is 0.324. The highest BCUT2D eigenvalue weighted by molar-refractivity contribution is 7.89. The number of hydrogen-bond acceptors (Lipinski definition) is 7. The number of sulfonamides is 1. The molecule has 7 rings (SSSR count). The molecule has 0 spiro atoms. The van der Waals surface area contributed by atoms with Gasteiger partial charge in [-0.1, -0.05) is 78.9 Å². The summed E-state index contributed by atoms with van der Waals surface area (Å²) in [5.41, 5.74) is 5.30. The number of fused-ring (bicyclic) bond motifs is 1. The van der Waals surface area contributed by atoms with E-state index in [0.29, 0.717) is 6.42 Å². The van der Waals surface area contributed by atoms with Crippen molar-refractivity contribution in [2.45, 2.75) is 61.8 Å². The van der Waals surface area contributed by atoms with Crippen molar-refractivity contribution < 1.29 is 23.0 Å². The number of ether oxygens (including phenoxy) is 2. The van der Waals surface area contributed by atoms with E-state index in [1.54, 1.807) is 30.3 Å². The summed E-state index contributed by atoms with van der Waals surface area (Å²) in [5.74, 6) is 0. The van der Waals surface area contributed by atoms with Crippen molar-refractivity contribution in [2.75, 3.05) is 19.6 Å². The topological polar surface area (TPSA) is 126 Å². The molecule has 1 aromatic heterocycles. The third kappa shape index (κ3) is 7.17. The molecule has 3 atom stereocenters. The van der Waals surface area contributed by atoms with Crippen molar-refractivity contribution in [1.29, 1.82) is 0 Å². The summed E-state index contributed by atoms with van der Waals surface area (Å²) in [7, 11) is -3.62. The molecule has 0 amide bonds. The average Bonchev–Trinajstić information content (AvgIpc) is 3.47. The van der Waals surface area contributed by atoms with E-state index in [0.717, 1.165) is 65.8 Å². The minimum atomic E-state index is -3.62. The van der Waals surface area contributed by atoms with Crippen LogP contribution >= 0.6 is 0 Å². The molecule has 2 saturated heterocycles. The molecule has 11 heteroatoms. The maximum absolute atomic E-state index is 12.8. The minimum Gasteiger partial charge on any atom is -0.392 e. The zero-order chi connectivity index (χ0) is 33.1. The van der Waals surface area contributed by atoms with Gasteiger partial charge in [0.05, 0.1) is 34.7 Å². The van der Waals surface area contributed by atoms with Crippen LogP contribution in [0.2, 0.25) is 0 Å². The summed E-state index contributed by atoms with van der Waals surface area (Å²) in [6.45, 7) is 2.58. The van der Waals surface area contributed by atoms with Gasteiger partial charge in [0.1, 0.15) is 0 Å². The predicted molar refractivity (Wildman–Crippen MR) is 183 cm³/mol. The van der Waals surface area contributed by atoms with Gasteiger partial charge in [0.25, 0.3) is 0 Å². The van der Waals surface area contributed by atoms with Crippen LogP contribution in [-0.2, 0) is 32.6 Å². The number of H-pyrrole nitrogens is 1. The number of para-hydroxylation sites is 2. The Morgan fingerprint density at radius 3 is 2.21 bits per heavy atom. The van der Waals surface area contributed by atoms with E-state index in [-0.39, 0.29) is 42.0 Å². The van der Waals surface area contributed by atoms with Gasteiger partial charge < -0.3 is 24.5 Å². The van der Waals surface area contributed by atoms with Crippen molar-refractivity contribution in [3.8, 4) is 0 Å². The molecule has 3 heterocycles. The molecule has 2 fully saturated rings. The Hall–Kier alpha value is -4.10. The maximum atomic E-state index is 12.8. The number of benzene rings is 4. The molecular formula is C37H40N4O6S. The first-order valence-corrected chi connectivity index (χ1v) is 17.9. The zero-order valence-corrected chi connectivity index (χ0v) is 27.4. The van der Waals surface area contributed by atoms with Crippen molar-refractivity contribution in [2.24, 2.45) is 0 Å². The number of nitrogens with zero attached hydrogens (tertiary/aromatic N) is 2. The number of rotatable bonds is 10. The first-order chi connectivity index (χ1) is 23.4. The van der Waals surface area contributed by atoms with Crippen LogP contribution in [0.25, 0.3) is 11.0 Å². The number of aliphatic hydroxyl groups excluding tert-OH is 1. The Bertz CT molecular complexity index is 1990. The fourth-order valence-corrected chi connectivity index (χ4v) is 7.81. The number of nitrogens with one attached hydrogen (secondary N) is 2. The zero-order valence-electron chi connectivity index (χ0n) is 26.6. The highest BCUT2D eigenvalue weighted by Gasteiger charge is 2.34. The first kappa shape index (κ1) is 32.4. The van der Waals surface area contributed by atoms with Crippen molar-refractivity contribution in [3.63, 3.8) is 0 Å². The number of imidazole rings is 1. The molecular weight excluding hydrogens is 628 g/mol. The number of hydrogen-bond donors (Lipinski definition) is 3. The quantitative estimate of drug-likeness (QED) is 0.187. The van der Waals surface area contributed by atoms with E-state index in [1.807, 2.05) is 77.4 Å². The second-order valence-corrected chi connectivity index (χ2v) is 14.3. The Balaban J connectivity index is 1.03. The van der Waals surface area contributed by atoms with Crippen LogP contribution in [-0.4, -0.2) is 53.7 Å². The van der Waals surface area contributed by atoms with Gasteiger partial charge in [0.15, 0.2) is 6.29 Å². The number of aromatic nitrogens is 2. The number of piperidine rings is 1. The SMILES string of the molecule is O=c1[nH]c2ccccc2n1C1CCN(C[C@H]2C[C@@H](c3ccc(CO)cc3)O[C@@H](c3ccc(CNS(=O)(=O)c4ccccc4)cc3)O2)CC1. The Kier molecular flexibility index (Phi) is 9.58. The number of aromatic amines is 1. The Labute approximate surface area is 280 Å². The molecule has 3 N–H and O–H groups in total. The van der Waals surface area contributed by atoms with Crippen LogP contribution in [0.4, 0.5) is 0 Å². The smallest absolute Gasteiger partial charge is 0.326 e. The van der Waals surface area contributed by atoms with Gasteiger partial charge >= 0.3 is 5.69 Å². The predicted octanol–water partition coefficient (Wildman–Crippen LogP) is 5.18. The lowest BCUT2D eigenvalue weighted by atomic mass is 9.98. The molecule has 0 unspecified atom stereocenters. The van der Waals surface area contributed by atoms with Crippen LogP contribution in [0.3, 0.4) is 0 Å². The summed E-state index contributed by atoms with van der Waals surface area (Å²) in [5, 5.41) is 9.55. The summed E-state index contributed by atoms with van der Waals surface area (Å²) >= 11 is 0. The molecule has 0 bridgehead atoms. The van der Waals surface area contributed by atoms with E-state index < -0.39 is 16.3 Å². The van der Waals surface area contributed by atoms with Gasteiger partial charge in [-0.05, 0) is 53.8 Å². The third-order valence-electron chi connectivity index (χ3n) is 9.39. The van der Waals surface area contributed by atoms with E-state index in [2.05, 4.69) is 14.6 Å². The summed E-state index contributed by atoms with van der Waals surface area (Å²) in [6.07, 6.45) is 1.50. The second kappa shape index (κ2) is 14.2. The summed E-state index contributed by atoms with van der Waals surface area (Å²) < 4.78 is 43.1. The summed E-state index contributed by atoms with van der Waals surface area (Å²) in [4.78, 5) is 18.4.